The maximum Gasteiger partial charge on any atom is 0.204 e. The molecule has 114 valence electrons. The third-order valence-electron chi connectivity index (χ3n) is 3.35. The van der Waals surface area contributed by atoms with Gasteiger partial charge in [0.05, 0.1) is 34.8 Å². The smallest absolute Gasteiger partial charge is 0.204 e. The van der Waals surface area contributed by atoms with Crippen molar-refractivity contribution in [1.82, 2.24) is 9.55 Å². The summed E-state index contributed by atoms with van der Waals surface area (Å²) in [7, 11) is 9.97. The lowest BCUT2D eigenvalue weighted by atomic mass is 10.2. The van der Waals surface area contributed by atoms with Crippen molar-refractivity contribution in [3.63, 3.8) is 0 Å². The molecule has 0 fully saturated rings. The molecule has 0 spiro atoms. The van der Waals surface area contributed by atoms with E-state index in [2.05, 4.69) is 14.9 Å². The molecule has 0 radical (unpaired) electrons. The van der Waals surface area contributed by atoms with Gasteiger partial charge in [-0.15, -0.1) is 0 Å². The van der Waals surface area contributed by atoms with E-state index >= 15 is 0 Å². The van der Waals surface area contributed by atoms with E-state index < -0.39 is 0 Å². The maximum atomic E-state index is 6.28. The Morgan fingerprint density at radius 1 is 1.19 bits per heavy atom. The third-order valence-corrected chi connectivity index (χ3v) is 3.66. The van der Waals surface area contributed by atoms with Gasteiger partial charge in [-0.05, 0) is 12.1 Å². The molecule has 0 bridgehead atoms. The molecule has 1 heterocycles. The van der Waals surface area contributed by atoms with E-state index in [9.17, 15) is 0 Å². The molecule has 2 rings (SSSR count). The minimum Gasteiger partial charge on any atom is -0.378 e. The number of rotatable bonds is 5. The van der Waals surface area contributed by atoms with Crippen LogP contribution in [0.1, 0.15) is 5.69 Å². The van der Waals surface area contributed by atoms with Crippen molar-refractivity contribution in [2.75, 3.05) is 43.3 Å². The van der Waals surface area contributed by atoms with Gasteiger partial charge < -0.3 is 19.7 Å². The van der Waals surface area contributed by atoms with Crippen molar-refractivity contribution >= 4 is 28.9 Å². The lowest BCUT2D eigenvalue weighted by molar-refractivity contribution is 0.814. The summed E-state index contributed by atoms with van der Waals surface area (Å²) in [6.45, 7) is 0.693. The fraction of sp³-hybridized carbons (Fsp3) is 0.400. The summed E-state index contributed by atoms with van der Waals surface area (Å²) >= 11 is 6.28. The summed E-state index contributed by atoms with van der Waals surface area (Å²) in [6.07, 6.45) is 1.89. The maximum absolute atomic E-state index is 6.28. The molecule has 0 aliphatic heterocycles. The molecule has 0 saturated heterocycles. The van der Waals surface area contributed by atoms with Gasteiger partial charge in [0.1, 0.15) is 0 Å². The normalized spacial score (nSPS) is 10.6. The zero-order valence-electron chi connectivity index (χ0n) is 13.2. The van der Waals surface area contributed by atoms with Crippen molar-refractivity contribution in [2.24, 2.45) is 7.05 Å². The summed E-state index contributed by atoms with van der Waals surface area (Å²) < 4.78 is 2.08. The number of halogens is 1. The van der Waals surface area contributed by atoms with E-state index in [0.29, 0.717) is 6.54 Å². The van der Waals surface area contributed by atoms with Crippen LogP contribution in [0.25, 0.3) is 0 Å². The van der Waals surface area contributed by atoms with Gasteiger partial charge in [-0.2, -0.15) is 0 Å². The van der Waals surface area contributed by atoms with Crippen LogP contribution in [0, 0.1) is 0 Å². The fourth-order valence-corrected chi connectivity index (χ4v) is 2.66. The molecule has 0 atom stereocenters. The van der Waals surface area contributed by atoms with Gasteiger partial charge >= 0.3 is 0 Å². The van der Waals surface area contributed by atoms with E-state index in [1.807, 2.05) is 69.4 Å². The SMILES string of the molecule is CN(C)c1c(Cl)cccc1NCc1cnc(N(C)C)n1C. The number of imidazole rings is 1. The quantitative estimate of drug-likeness (QED) is 0.921. The number of benzene rings is 1. The Bertz CT molecular complexity index is 619. The topological polar surface area (TPSA) is 36.3 Å². The average molecular weight is 308 g/mol. The van der Waals surface area contributed by atoms with Crippen molar-refractivity contribution in [2.45, 2.75) is 6.54 Å². The highest BCUT2D eigenvalue weighted by atomic mass is 35.5. The van der Waals surface area contributed by atoms with E-state index in [-0.39, 0.29) is 0 Å². The molecule has 21 heavy (non-hydrogen) atoms. The molecule has 2 aromatic rings. The number of nitrogens with zero attached hydrogens (tertiary/aromatic N) is 4. The van der Waals surface area contributed by atoms with Gasteiger partial charge in [0, 0.05) is 35.2 Å². The number of para-hydroxylation sites is 1. The zero-order chi connectivity index (χ0) is 15.6. The molecule has 1 N–H and O–H groups in total. The monoisotopic (exact) mass is 307 g/mol. The molecule has 0 aliphatic carbocycles. The number of hydrogen-bond acceptors (Lipinski definition) is 4. The molecule has 1 aromatic heterocycles. The predicted octanol–water partition coefficient (Wildman–Crippen LogP) is 2.82. The highest BCUT2D eigenvalue weighted by molar-refractivity contribution is 6.34. The largest absolute Gasteiger partial charge is 0.378 e. The Kier molecular flexibility index (Phi) is 4.63. The zero-order valence-corrected chi connectivity index (χ0v) is 13.9. The molecule has 5 nitrogen and oxygen atoms in total. The van der Waals surface area contributed by atoms with E-state index in [4.69, 9.17) is 11.6 Å². The highest BCUT2D eigenvalue weighted by Gasteiger charge is 2.11. The van der Waals surface area contributed by atoms with Gasteiger partial charge in [0.25, 0.3) is 0 Å². The van der Waals surface area contributed by atoms with Crippen molar-refractivity contribution in [1.29, 1.82) is 0 Å². The van der Waals surface area contributed by atoms with Crippen molar-refractivity contribution in [3.8, 4) is 0 Å². The standard InChI is InChI=1S/C15H22ClN5/c1-19(2)14-12(16)7-6-8-13(14)17-9-11-10-18-15(20(3)4)21(11)5/h6-8,10,17H,9H2,1-5H3. The molecule has 6 heteroatoms. The van der Waals surface area contributed by atoms with Crippen LogP contribution in [-0.2, 0) is 13.6 Å². The first kappa shape index (κ1) is 15.5. The molecule has 0 saturated carbocycles. The van der Waals surface area contributed by atoms with Crippen molar-refractivity contribution < 1.29 is 0 Å². The van der Waals surface area contributed by atoms with Gasteiger partial charge in [0.2, 0.25) is 5.95 Å². The Morgan fingerprint density at radius 2 is 1.90 bits per heavy atom. The van der Waals surface area contributed by atoms with E-state index in [0.717, 1.165) is 28.0 Å². The van der Waals surface area contributed by atoms with Crippen LogP contribution in [0.5, 0.6) is 0 Å². The van der Waals surface area contributed by atoms with Crippen LogP contribution >= 0.6 is 11.6 Å². The summed E-state index contributed by atoms with van der Waals surface area (Å²) in [5.41, 5.74) is 3.12. The van der Waals surface area contributed by atoms with Crippen LogP contribution < -0.4 is 15.1 Å². The minimum atomic E-state index is 0.693. The molecular formula is C15H22ClN5. The summed E-state index contributed by atoms with van der Waals surface area (Å²) in [4.78, 5) is 8.42. The molecule has 1 aromatic carbocycles. The number of anilines is 3. The first-order valence-electron chi connectivity index (χ1n) is 6.79. The second kappa shape index (κ2) is 6.26. The second-order valence-electron chi connectivity index (χ2n) is 5.39. The Balaban J connectivity index is 2.19. The molecule has 0 unspecified atom stereocenters. The van der Waals surface area contributed by atoms with Gasteiger partial charge in [0.15, 0.2) is 0 Å². The van der Waals surface area contributed by atoms with Gasteiger partial charge in [-0.1, -0.05) is 17.7 Å². The third kappa shape index (κ3) is 3.24. The van der Waals surface area contributed by atoms with Crippen LogP contribution in [0.2, 0.25) is 5.02 Å². The fourth-order valence-electron chi connectivity index (χ4n) is 2.31. The van der Waals surface area contributed by atoms with Crippen LogP contribution in [0.15, 0.2) is 24.4 Å². The van der Waals surface area contributed by atoms with Crippen LogP contribution in [0.4, 0.5) is 17.3 Å². The summed E-state index contributed by atoms with van der Waals surface area (Å²) in [6, 6.07) is 5.88. The summed E-state index contributed by atoms with van der Waals surface area (Å²) in [5, 5.41) is 4.18. The lowest BCUT2D eigenvalue weighted by Gasteiger charge is -2.20. The van der Waals surface area contributed by atoms with Gasteiger partial charge in [-0.3, -0.25) is 0 Å². The number of nitrogens with one attached hydrogen (secondary N) is 1. The summed E-state index contributed by atoms with van der Waals surface area (Å²) in [5.74, 6) is 0.936. The Morgan fingerprint density at radius 3 is 2.48 bits per heavy atom. The van der Waals surface area contributed by atoms with Crippen molar-refractivity contribution in [3.05, 3.63) is 35.1 Å². The van der Waals surface area contributed by atoms with Crippen LogP contribution in [0.3, 0.4) is 0 Å². The molecule has 0 amide bonds. The number of aromatic nitrogens is 2. The average Bonchev–Trinajstić information content (AvgIpc) is 2.77. The minimum absolute atomic E-state index is 0.693. The molecular weight excluding hydrogens is 286 g/mol. The molecule has 0 aliphatic rings. The number of hydrogen-bond donors (Lipinski definition) is 1. The predicted molar refractivity (Wildman–Crippen MR) is 90.6 cm³/mol. The second-order valence-corrected chi connectivity index (χ2v) is 5.79. The van der Waals surface area contributed by atoms with Crippen LogP contribution in [-0.4, -0.2) is 37.7 Å². The first-order chi connectivity index (χ1) is 9.91. The Labute approximate surface area is 131 Å². The highest BCUT2D eigenvalue weighted by Crippen LogP contribution is 2.32. The van der Waals surface area contributed by atoms with Gasteiger partial charge in [-0.25, -0.2) is 4.98 Å². The van der Waals surface area contributed by atoms with E-state index in [1.165, 1.54) is 0 Å². The Hall–Kier alpha value is -1.88. The first-order valence-corrected chi connectivity index (χ1v) is 7.17. The van der Waals surface area contributed by atoms with E-state index in [1.54, 1.807) is 0 Å². The lowest BCUT2D eigenvalue weighted by Crippen LogP contribution is -2.16.